The number of hydrogen-bond donors (Lipinski definition) is 4. The van der Waals surface area contributed by atoms with Crippen molar-refractivity contribution in [2.24, 2.45) is 5.73 Å². The molecule has 1 amide bonds. The number of nitrogen functional groups attached to an aromatic ring is 2. The number of imidazole rings is 1. The third kappa shape index (κ3) is 2.96. The van der Waals surface area contributed by atoms with Crippen molar-refractivity contribution in [1.82, 2.24) is 24.9 Å². The van der Waals surface area contributed by atoms with Gasteiger partial charge in [-0.1, -0.05) is 0 Å². The van der Waals surface area contributed by atoms with Gasteiger partial charge in [0.25, 0.3) is 0 Å². The molecule has 3 aromatic heterocycles. The molecule has 0 aromatic carbocycles. The van der Waals surface area contributed by atoms with Crippen LogP contribution in [0.3, 0.4) is 0 Å². The lowest BCUT2D eigenvalue weighted by Gasteiger charge is -1.89. The van der Waals surface area contributed by atoms with E-state index in [9.17, 15) is 4.79 Å². The number of carbonyl (C=O) groups excluding carboxylic acids is 1. The van der Waals surface area contributed by atoms with Crippen LogP contribution in [0.15, 0.2) is 30.9 Å². The molecular weight excluding hydrogens is 260 g/mol. The van der Waals surface area contributed by atoms with E-state index in [0.29, 0.717) is 28.5 Å². The van der Waals surface area contributed by atoms with E-state index in [2.05, 4.69) is 24.9 Å². The quantitative estimate of drug-likeness (QED) is 0.472. The molecule has 3 aromatic rings. The number of aromatic nitrogens is 5. The highest BCUT2D eigenvalue weighted by molar-refractivity contribution is 5.92. The van der Waals surface area contributed by atoms with Crippen molar-refractivity contribution >= 4 is 28.8 Å². The molecule has 0 aliphatic carbocycles. The van der Waals surface area contributed by atoms with Crippen LogP contribution in [0.4, 0.5) is 11.8 Å². The summed E-state index contributed by atoms with van der Waals surface area (Å²) >= 11 is 0. The van der Waals surface area contributed by atoms with E-state index in [0.717, 1.165) is 0 Å². The lowest BCUT2D eigenvalue weighted by atomic mass is 10.3. The van der Waals surface area contributed by atoms with Gasteiger partial charge < -0.3 is 22.2 Å². The molecule has 0 aliphatic heterocycles. The molecule has 0 saturated heterocycles. The van der Waals surface area contributed by atoms with Gasteiger partial charge in [0.2, 0.25) is 5.91 Å². The molecular formula is C11H12N8O. The molecule has 0 spiro atoms. The molecule has 3 rings (SSSR count). The summed E-state index contributed by atoms with van der Waals surface area (Å²) in [4.78, 5) is 28.3. The summed E-state index contributed by atoms with van der Waals surface area (Å²) in [6.07, 6.45) is 4.37. The van der Waals surface area contributed by atoms with Crippen LogP contribution in [0.2, 0.25) is 0 Å². The molecule has 20 heavy (non-hydrogen) atoms. The average Bonchev–Trinajstić information content (AvgIpc) is 2.82. The molecule has 0 saturated carbocycles. The summed E-state index contributed by atoms with van der Waals surface area (Å²) < 4.78 is 0. The monoisotopic (exact) mass is 272 g/mol. The number of H-pyrrole nitrogens is 1. The Bertz CT molecular complexity index is 724. The molecule has 0 radical (unpaired) electrons. The van der Waals surface area contributed by atoms with E-state index >= 15 is 0 Å². The standard InChI is InChI=1S/C6H6N2O.C5H6N6/c7-6(9)5-2-1-3-8-4-5;6-3-2-4(9-1-8-3)11-5(7)10-2/h1-4H,(H2,7,9);1H,(H5,6,7,8,9,10,11). The summed E-state index contributed by atoms with van der Waals surface area (Å²) in [6.45, 7) is 0. The maximum Gasteiger partial charge on any atom is 0.250 e. The number of carbonyl (C=O) groups is 1. The molecule has 102 valence electrons. The zero-order valence-electron chi connectivity index (χ0n) is 10.3. The minimum atomic E-state index is -0.442. The lowest BCUT2D eigenvalue weighted by molar-refractivity contribution is 0.1000. The van der Waals surface area contributed by atoms with Gasteiger partial charge in [0.15, 0.2) is 17.4 Å². The summed E-state index contributed by atoms with van der Waals surface area (Å²) in [6, 6.07) is 3.29. The van der Waals surface area contributed by atoms with Crippen LogP contribution in [0.1, 0.15) is 10.4 Å². The third-order valence-corrected chi connectivity index (χ3v) is 2.28. The van der Waals surface area contributed by atoms with Crippen LogP contribution in [0, 0.1) is 0 Å². The van der Waals surface area contributed by atoms with Crippen molar-refractivity contribution in [3.8, 4) is 0 Å². The number of nitrogens with one attached hydrogen (secondary N) is 1. The van der Waals surface area contributed by atoms with Crippen LogP contribution < -0.4 is 17.2 Å². The number of primary amides is 1. The van der Waals surface area contributed by atoms with Crippen LogP contribution in [0.25, 0.3) is 11.2 Å². The Balaban J connectivity index is 0.000000151. The van der Waals surface area contributed by atoms with E-state index in [1.807, 2.05) is 0 Å². The van der Waals surface area contributed by atoms with Crippen LogP contribution in [-0.4, -0.2) is 30.8 Å². The molecule has 9 nitrogen and oxygen atoms in total. The maximum atomic E-state index is 10.4. The van der Waals surface area contributed by atoms with Gasteiger partial charge in [-0.3, -0.25) is 9.78 Å². The molecule has 0 atom stereocenters. The first kappa shape index (κ1) is 13.2. The second kappa shape index (κ2) is 5.61. The van der Waals surface area contributed by atoms with Gasteiger partial charge in [0.1, 0.15) is 11.8 Å². The van der Waals surface area contributed by atoms with Gasteiger partial charge >= 0.3 is 0 Å². The number of nitrogens with two attached hydrogens (primary N) is 3. The Morgan fingerprint density at radius 2 is 2.05 bits per heavy atom. The van der Waals surface area contributed by atoms with Crippen LogP contribution >= 0.6 is 0 Å². The Kier molecular flexibility index (Phi) is 3.70. The smallest absolute Gasteiger partial charge is 0.250 e. The number of fused-ring (bicyclic) bond motifs is 1. The summed E-state index contributed by atoms with van der Waals surface area (Å²) in [5.74, 6) is 0.217. The molecule has 0 fully saturated rings. The van der Waals surface area contributed by atoms with Crippen molar-refractivity contribution in [2.45, 2.75) is 0 Å². The predicted octanol–water partition coefficient (Wildman–Crippen LogP) is -0.302. The highest BCUT2D eigenvalue weighted by Gasteiger charge is 2.03. The van der Waals surface area contributed by atoms with Crippen molar-refractivity contribution in [2.75, 3.05) is 11.5 Å². The van der Waals surface area contributed by atoms with Crippen molar-refractivity contribution in [1.29, 1.82) is 0 Å². The predicted molar refractivity (Wildman–Crippen MR) is 73.3 cm³/mol. The minimum Gasteiger partial charge on any atom is -0.382 e. The van der Waals surface area contributed by atoms with E-state index in [1.165, 1.54) is 12.5 Å². The van der Waals surface area contributed by atoms with E-state index < -0.39 is 5.91 Å². The topological polar surface area (TPSA) is 162 Å². The molecule has 3 heterocycles. The molecule has 9 heteroatoms. The Labute approximate surface area is 113 Å². The summed E-state index contributed by atoms with van der Waals surface area (Å²) in [7, 11) is 0. The summed E-state index contributed by atoms with van der Waals surface area (Å²) in [5.41, 5.74) is 17.3. The van der Waals surface area contributed by atoms with Crippen molar-refractivity contribution < 1.29 is 4.79 Å². The van der Waals surface area contributed by atoms with E-state index in [-0.39, 0.29) is 0 Å². The van der Waals surface area contributed by atoms with Crippen molar-refractivity contribution in [3.63, 3.8) is 0 Å². The largest absolute Gasteiger partial charge is 0.382 e. The Hall–Kier alpha value is -3.23. The van der Waals surface area contributed by atoms with Crippen LogP contribution in [0.5, 0.6) is 0 Å². The Morgan fingerprint density at radius 3 is 2.60 bits per heavy atom. The highest BCUT2D eigenvalue weighted by atomic mass is 16.1. The molecule has 0 bridgehead atoms. The van der Waals surface area contributed by atoms with Gasteiger partial charge in [0, 0.05) is 12.4 Å². The van der Waals surface area contributed by atoms with Gasteiger partial charge in [0.05, 0.1) is 5.56 Å². The van der Waals surface area contributed by atoms with E-state index in [4.69, 9.17) is 17.2 Å². The van der Waals surface area contributed by atoms with Crippen LogP contribution in [-0.2, 0) is 0 Å². The first-order valence-electron chi connectivity index (χ1n) is 5.49. The lowest BCUT2D eigenvalue weighted by Crippen LogP contribution is -2.10. The number of pyridine rings is 1. The number of anilines is 2. The zero-order chi connectivity index (χ0) is 14.5. The van der Waals surface area contributed by atoms with Crippen molar-refractivity contribution in [3.05, 3.63) is 36.4 Å². The Morgan fingerprint density at radius 1 is 1.25 bits per heavy atom. The molecule has 0 unspecified atom stereocenters. The maximum absolute atomic E-state index is 10.4. The fourth-order valence-corrected chi connectivity index (χ4v) is 1.37. The first-order chi connectivity index (χ1) is 9.58. The van der Waals surface area contributed by atoms with Gasteiger partial charge in [-0.05, 0) is 12.1 Å². The SMILES string of the molecule is NC(=O)c1cccnc1.Nc1nc2ncnc(N)c2[nH]1. The second-order valence-corrected chi connectivity index (χ2v) is 3.69. The number of hydrogen-bond acceptors (Lipinski definition) is 7. The number of aromatic amines is 1. The molecule has 7 N–H and O–H groups in total. The van der Waals surface area contributed by atoms with Gasteiger partial charge in [-0.15, -0.1) is 0 Å². The van der Waals surface area contributed by atoms with E-state index in [1.54, 1.807) is 18.3 Å². The minimum absolute atomic E-state index is 0.298. The number of rotatable bonds is 1. The average molecular weight is 272 g/mol. The zero-order valence-corrected chi connectivity index (χ0v) is 10.3. The fraction of sp³-hybridized carbons (Fsp3) is 0. The highest BCUT2D eigenvalue weighted by Crippen LogP contribution is 2.13. The second-order valence-electron chi connectivity index (χ2n) is 3.69. The number of amides is 1. The normalized spacial score (nSPS) is 9.80. The van der Waals surface area contributed by atoms with Gasteiger partial charge in [-0.2, -0.15) is 4.98 Å². The van der Waals surface area contributed by atoms with Gasteiger partial charge in [-0.25, -0.2) is 9.97 Å². The summed E-state index contributed by atoms with van der Waals surface area (Å²) in [5, 5.41) is 0. The third-order valence-electron chi connectivity index (χ3n) is 2.28. The first-order valence-corrected chi connectivity index (χ1v) is 5.49. The number of nitrogens with zero attached hydrogens (tertiary/aromatic N) is 4. The molecule has 0 aliphatic rings. The fourth-order valence-electron chi connectivity index (χ4n) is 1.37.